The zero-order chi connectivity index (χ0) is 16.9. The molecular weight excluding hydrogens is 328 g/mol. The van der Waals surface area contributed by atoms with Crippen LogP contribution in [0.5, 0.6) is 0 Å². The Morgan fingerprint density at radius 3 is 3.00 bits per heavy atom. The Bertz CT molecular complexity index is 800. The monoisotopic (exact) mass is 344 g/mol. The van der Waals surface area contributed by atoms with Gasteiger partial charge in [0, 0.05) is 24.3 Å². The van der Waals surface area contributed by atoms with Crippen molar-refractivity contribution in [3.05, 3.63) is 59.6 Å². The molecule has 0 saturated heterocycles. The largest absolute Gasteiger partial charge is 0.325 e. The zero-order valence-electron chi connectivity index (χ0n) is 12.8. The van der Waals surface area contributed by atoms with E-state index >= 15 is 0 Å². The van der Waals surface area contributed by atoms with Crippen molar-refractivity contribution in [3.63, 3.8) is 0 Å². The summed E-state index contributed by atoms with van der Waals surface area (Å²) in [6, 6.07) is 6.44. The maximum atomic E-state index is 12.2. The highest BCUT2D eigenvalue weighted by molar-refractivity contribution is 6.32. The molecule has 1 amide bonds. The Morgan fingerprint density at radius 2 is 2.33 bits per heavy atom. The molecule has 4 N–H and O–H groups in total. The number of anilines is 1. The second-order valence-corrected chi connectivity index (χ2v) is 5.76. The van der Waals surface area contributed by atoms with Gasteiger partial charge >= 0.3 is 0 Å². The van der Waals surface area contributed by atoms with Crippen LogP contribution in [0.1, 0.15) is 12.0 Å². The van der Waals surface area contributed by atoms with Crippen molar-refractivity contribution < 1.29 is 4.79 Å². The van der Waals surface area contributed by atoms with Gasteiger partial charge in [0.15, 0.2) is 0 Å². The predicted molar refractivity (Wildman–Crippen MR) is 92.1 cm³/mol. The van der Waals surface area contributed by atoms with Crippen molar-refractivity contribution >= 4 is 23.2 Å². The molecule has 0 bridgehead atoms. The summed E-state index contributed by atoms with van der Waals surface area (Å²) in [6.07, 6.45) is 8.20. The molecule has 7 nitrogen and oxygen atoms in total. The molecule has 2 aromatic heterocycles. The lowest BCUT2D eigenvalue weighted by molar-refractivity contribution is -0.117. The van der Waals surface area contributed by atoms with Crippen LogP contribution >= 0.6 is 11.6 Å². The van der Waals surface area contributed by atoms with Gasteiger partial charge in [-0.3, -0.25) is 9.89 Å². The number of nitrogens with two attached hydrogens (primary N) is 1. The summed E-state index contributed by atoms with van der Waals surface area (Å²) in [7, 11) is 0. The number of hydrogen-bond acceptors (Lipinski definition) is 4. The molecule has 3 rings (SSSR count). The van der Waals surface area contributed by atoms with Crippen molar-refractivity contribution in [3.8, 4) is 5.69 Å². The first-order valence-electron chi connectivity index (χ1n) is 7.47. The normalized spacial score (nSPS) is 12.1. The molecule has 24 heavy (non-hydrogen) atoms. The maximum Gasteiger partial charge on any atom is 0.241 e. The van der Waals surface area contributed by atoms with Gasteiger partial charge in [0.2, 0.25) is 5.91 Å². The Hall–Kier alpha value is -2.64. The molecule has 0 spiro atoms. The number of hydrogen-bond donors (Lipinski definition) is 3. The number of nitrogens with one attached hydrogen (secondary N) is 2. The first-order valence-corrected chi connectivity index (χ1v) is 7.85. The van der Waals surface area contributed by atoms with Gasteiger partial charge in [-0.15, -0.1) is 0 Å². The number of aromatic nitrogens is 4. The minimum atomic E-state index is -0.607. The molecule has 1 unspecified atom stereocenters. The van der Waals surface area contributed by atoms with Gasteiger partial charge < -0.3 is 11.1 Å². The third-order valence-electron chi connectivity index (χ3n) is 3.60. The minimum absolute atomic E-state index is 0.249. The summed E-state index contributed by atoms with van der Waals surface area (Å²) < 4.78 is 1.66. The summed E-state index contributed by atoms with van der Waals surface area (Å²) in [5.41, 5.74) is 8.29. The van der Waals surface area contributed by atoms with Crippen LogP contribution in [0.15, 0.2) is 49.1 Å². The van der Waals surface area contributed by atoms with E-state index < -0.39 is 6.04 Å². The standard InChI is InChI=1S/C16H17ClN6O/c17-13-8-12(3-5-15(13)23-7-1-6-21-23)22-16(24)14(18)4-2-11-9-19-20-10-11/h1,3,5-10,14H,2,4,18H2,(H,19,20)(H,22,24). The molecule has 0 saturated carbocycles. The lowest BCUT2D eigenvalue weighted by Gasteiger charge is -2.13. The summed E-state index contributed by atoms with van der Waals surface area (Å²) in [4.78, 5) is 12.2. The minimum Gasteiger partial charge on any atom is -0.325 e. The predicted octanol–water partition coefficient (Wildman–Crippen LogP) is 2.15. The molecule has 1 atom stereocenters. The fourth-order valence-electron chi connectivity index (χ4n) is 2.28. The number of H-pyrrole nitrogens is 1. The fraction of sp³-hybridized carbons (Fsp3) is 0.188. The first-order chi connectivity index (χ1) is 11.6. The molecule has 0 fully saturated rings. The highest BCUT2D eigenvalue weighted by Gasteiger charge is 2.14. The molecule has 0 aliphatic carbocycles. The van der Waals surface area contributed by atoms with Gasteiger partial charge in [-0.25, -0.2) is 4.68 Å². The van der Waals surface area contributed by atoms with Crippen LogP contribution in [-0.4, -0.2) is 31.9 Å². The van der Waals surface area contributed by atoms with E-state index in [1.54, 1.807) is 47.7 Å². The van der Waals surface area contributed by atoms with Crippen LogP contribution in [0, 0.1) is 0 Å². The molecular formula is C16H17ClN6O. The third kappa shape index (κ3) is 3.81. The Balaban J connectivity index is 1.60. The topological polar surface area (TPSA) is 102 Å². The molecule has 124 valence electrons. The second-order valence-electron chi connectivity index (χ2n) is 5.36. The highest BCUT2D eigenvalue weighted by atomic mass is 35.5. The number of benzene rings is 1. The van der Waals surface area contributed by atoms with Crippen molar-refractivity contribution in [2.75, 3.05) is 5.32 Å². The van der Waals surface area contributed by atoms with E-state index in [1.165, 1.54) is 0 Å². The molecule has 0 aliphatic rings. The quantitative estimate of drug-likeness (QED) is 0.637. The Kier molecular flexibility index (Phi) is 4.93. The molecule has 8 heteroatoms. The van der Waals surface area contributed by atoms with Crippen LogP contribution in [0.3, 0.4) is 0 Å². The number of amides is 1. The van der Waals surface area contributed by atoms with Gasteiger partial charge in [-0.1, -0.05) is 11.6 Å². The Labute approximate surface area is 143 Å². The summed E-state index contributed by atoms with van der Waals surface area (Å²) >= 11 is 6.26. The summed E-state index contributed by atoms with van der Waals surface area (Å²) in [5.74, 6) is -0.249. The number of aromatic amines is 1. The summed E-state index contributed by atoms with van der Waals surface area (Å²) in [6.45, 7) is 0. The molecule has 0 radical (unpaired) electrons. The van der Waals surface area contributed by atoms with Crippen molar-refractivity contribution in [1.29, 1.82) is 0 Å². The van der Waals surface area contributed by atoms with Crippen LogP contribution in [-0.2, 0) is 11.2 Å². The second kappa shape index (κ2) is 7.29. The molecule has 3 aromatic rings. The van der Waals surface area contributed by atoms with Crippen molar-refractivity contribution in [1.82, 2.24) is 20.0 Å². The van der Waals surface area contributed by atoms with Crippen LogP contribution in [0.4, 0.5) is 5.69 Å². The van der Waals surface area contributed by atoms with E-state index in [0.717, 1.165) is 11.3 Å². The number of rotatable bonds is 6. The average molecular weight is 345 g/mol. The lowest BCUT2D eigenvalue weighted by atomic mass is 10.1. The van der Waals surface area contributed by atoms with Crippen LogP contribution in [0.25, 0.3) is 5.69 Å². The highest BCUT2D eigenvalue weighted by Crippen LogP contribution is 2.24. The van der Waals surface area contributed by atoms with Gasteiger partial charge in [-0.2, -0.15) is 10.2 Å². The van der Waals surface area contributed by atoms with E-state index in [-0.39, 0.29) is 5.91 Å². The zero-order valence-corrected chi connectivity index (χ0v) is 13.6. The van der Waals surface area contributed by atoms with Crippen molar-refractivity contribution in [2.45, 2.75) is 18.9 Å². The number of nitrogens with zero attached hydrogens (tertiary/aromatic N) is 3. The van der Waals surface area contributed by atoms with Crippen LogP contribution < -0.4 is 11.1 Å². The van der Waals surface area contributed by atoms with E-state index in [9.17, 15) is 4.79 Å². The van der Waals surface area contributed by atoms with E-state index in [1.807, 2.05) is 6.07 Å². The molecule has 2 heterocycles. The number of carbonyl (C=O) groups excluding carboxylic acids is 1. The summed E-state index contributed by atoms with van der Waals surface area (Å²) in [5, 5.41) is 14.0. The smallest absolute Gasteiger partial charge is 0.241 e. The van der Waals surface area contributed by atoms with Gasteiger partial charge in [0.05, 0.1) is 22.9 Å². The number of aryl methyl sites for hydroxylation is 1. The Morgan fingerprint density at radius 1 is 1.46 bits per heavy atom. The van der Waals surface area contributed by atoms with E-state index in [2.05, 4.69) is 20.6 Å². The number of halogens is 1. The van der Waals surface area contributed by atoms with Crippen molar-refractivity contribution in [2.24, 2.45) is 5.73 Å². The average Bonchev–Trinajstić information content (AvgIpc) is 3.26. The maximum absolute atomic E-state index is 12.2. The fourth-order valence-corrected chi connectivity index (χ4v) is 2.55. The van der Waals surface area contributed by atoms with E-state index in [0.29, 0.717) is 23.6 Å². The molecule has 1 aromatic carbocycles. The third-order valence-corrected chi connectivity index (χ3v) is 3.90. The van der Waals surface area contributed by atoms with E-state index in [4.69, 9.17) is 17.3 Å². The SMILES string of the molecule is NC(CCc1cn[nH]c1)C(=O)Nc1ccc(-n2cccn2)c(Cl)c1. The van der Waals surface area contributed by atoms with Gasteiger partial charge in [0.25, 0.3) is 0 Å². The van der Waals surface area contributed by atoms with Gasteiger partial charge in [0.1, 0.15) is 0 Å². The first kappa shape index (κ1) is 16.2. The van der Waals surface area contributed by atoms with Gasteiger partial charge in [-0.05, 0) is 42.7 Å². The van der Waals surface area contributed by atoms with Crippen LogP contribution in [0.2, 0.25) is 5.02 Å². The molecule has 0 aliphatic heterocycles. The number of carbonyl (C=O) groups is 1. The lowest BCUT2D eigenvalue weighted by Crippen LogP contribution is -2.36.